The van der Waals surface area contributed by atoms with E-state index in [1.807, 2.05) is 13.8 Å². The third-order valence-electron chi connectivity index (χ3n) is 3.14. The summed E-state index contributed by atoms with van der Waals surface area (Å²) in [4.78, 5) is 11.7. The van der Waals surface area contributed by atoms with Crippen molar-refractivity contribution in [2.75, 3.05) is 18.0 Å². The molecule has 2 heterocycles. The highest BCUT2D eigenvalue weighted by molar-refractivity contribution is 9.09. The molecule has 0 radical (unpaired) electrons. The van der Waals surface area contributed by atoms with Gasteiger partial charge >= 0.3 is 0 Å². The number of rotatable bonds is 1. The van der Waals surface area contributed by atoms with Crippen molar-refractivity contribution in [1.29, 1.82) is 0 Å². The van der Waals surface area contributed by atoms with Gasteiger partial charge in [-0.25, -0.2) is 9.97 Å². The number of halogens is 1. The Morgan fingerprint density at radius 1 is 1.38 bits per heavy atom. The van der Waals surface area contributed by atoms with Crippen LogP contribution in [-0.4, -0.2) is 27.9 Å². The van der Waals surface area contributed by atoms with E-state index in [4.69, 9.17) is 0 Å². The Balaban J connectivity index is 2.18. The zero-order valence-electron chi connectivity index (χ0n) is 10.1. The number of aryl methyl sites for hydroxylation is 2. The Morgan fingerprint density at radius 3 is 2.75 bits per heavy atom. The van der Waals surface area contributed by atoms with E-state index in [-0.39, 0.29) is 0 Å². The Hall–Kier alpha value is -0.640. The topological polar surface area (TPSA) is 29.0 Å². The molecular weight excluding hydrogens is 266 g/mol. The maximum Gasteiger partial charge on any atom is 0.132 e. The lowest BCUT2D eigenvalue weighted by atomic mass is 9.99. The minimum atomic E-state index is 0.567. The van der Waals surface area contributed by atoms with Gasteiger partial charge in [-0.1, -0.05) is 22.9 Å². The summed E-state index contributed by atoms with van der Waals surface area (Å²) in [5.41, 5.74) is 1.05. The number of hydrogen-bond acceptors (Lipinski definition) is 3. The molecule has 1 saturated heterocycles. The van der Waals surface area contributed by atoms with Gasteiger partial charge in [0.05, 0.1) is 0 Å². The molecule has 1 aliphatic rings. The number of alkyl halides is 1. The fourth-order valence-corrected chi connectivity index (χ4v) is 2.70. The van der Waals surface area contributed by atoms with E-state index in [2.05, 4.69) is 43.8 Å². The second-order valence-corrected chi connectivity index (χ2v) is 5.82. The Kier molecular flexibility index (Phi) is 3.47. The van der Waals surface area contributed by atoms with Crippen molar-refractivity contribution < 1.29 is 0 Å². The van der Waals surface area contributed by atoms with Crippen molar-refractivity contribution in [1.82, 2.24) is 9.97 Å². The molecule has 16 heavy (non-hydrogen) atoms. The van der Waals surface area contributed by atoms with Gasteiger partial charge in [-0.15, -0.1) is 0 Å². The molecule has 0 bridgehead atoms. The number of piperidine rings is 1. The van der Waals surface area contributed by atoms with Crippen LogP contribution in [0.3, 0.4) is 0 Å². The highest BCUT2D eigenvalue weighted by Crippen LogP contribution is 2.26. The first-order valence-electron chi connectivity index (χ1n) is 5.77. The largest absolute Gasteiger partial charge is 0.355 e. The van der Waals surface area contributed by atoms with Gasteiger partial charge in [0, 0.05) is 29.7 Å². The lowest BCUT2D eigenvalue weighted by Gasteiger charge is -2.35. The van der Waals surface area contributed by atoms with E-state index in [0.29, 0.717) is 4.83 Å². The molecule has 0 aromatic carbocycles. The first-order valence-corrected chi connectivity index (χ1v) is 6.69. The average Bonchev–Trinajstić information content (AvgIpc) is 2.20. The van der Waals surface area contributed by atoms with Crippen LogP contribution in [0.4, 0.5) is 5.82 Å². The smallest absolute Gasteiger partial charge is 0.132 e. The van der Waals surface area contributed by atoms with Crippen LogP contribution in [0.2, 0.25) is 0 Å². The van der Waals surface area contributed by atoms with Crippen LogP contribution in [0.15, 0.2) is 6.07 Å². The van der Waals surface area contributed by atoms with Crippen LogP contribution in [0.1, 0.15) is 24.9 Å². The fourth-order valence-electron chi connectivity index (χ4n) is 2.09. The predicted octanol–water partition coefficient (Wildman–Crippen LogP) is 2.70. The summed E-state index contributed by atoms with van der Waals surface area (Å²) >= 11 is 3.74. The lowest BCUT2D eigenvalue weighted by molar-refractivity contribution is 0.454. The molecule has 1 aromatic rings. The van der Waals surface area contributed by atoms with Gasteiger partial charge < -0.3 is 4.90 Å². The predicted molar refractivity (Wildman–Crippen MR) is 70.2 cm³/mol. The molecule has 0 spiro atoms. The highest BCUT2D eigenvalue weighted by atomic mass is 79.9. The second kappa shape index (κ2) is 4.70. The number of anilines is 1. The van der Waals surface area contributed by atoms with Crippen LogP contribution in [0.5, 0.6) is 0 Å². The van der Waals surface area contributed by atoms with Crippen molar-refractivity contribution >= 4 is 21.7 Å². The summed E-state index contributed by atoms with van der Waals surface area (Å²) in [6.07, 6.45) is 1.22. The highest BCUT2D eigenvalue weighted by Gasteiger charge is 2.24. The molecule has 1 fully saturated rings. The van der Waals surface area contributed by atoms with Gasteiger partial charge in [0.15, 0.2) is 0 Å². The van der Waals surface area contributed by atoms with Gasteiger partial charge in [0.25, 0.3) is 0 Å². The van der Waals surface area contributed by atoms with Crippen molar-refractivity contribution in [2.24, 2.45) is 5.92 Å². The summed E-state index contributed by atoms with van der Waals surface area (Å²) in [7, 11) is 0. The second-order valence-electron chi connectivity index (χ2n) is 4.64. The van der Waals surface area contributed by atoms with Crippen molar-refractivity contribution in [2.45, 2.75) is 32.0 Å². The van der Waals surface area contributed by atoms with E-state index in [1.165, 1.54) is 6.42 Å². The molecule has 0 amide bonds. The molecule has 2 rings (SSSR count). The molecule has 88 valence electrons. The van der Waals surface area contributed by atoms with Crippen LogP contribution >= 0.6 is 15.9 Å². The molecule has 1 aliphatic heterocycles. The molecule has 4 heteroatoms. The van der Waals surface area contributed by atoms with E-state index in [1.54, 1.807) is 0 Å². The minimum absolute atomic E-state index is 0.567. The first kappa shape index (κ1) is 11.8. The molecular formula is C12H18BrN3. The summed E-state index contributed by atoms with van der Waals surface area (Å²) < 4.78 is 0. The quantitative estimate of drug-likeness (QED) is 0.742. The van der Waals surface area contributed by atoms with Gasteiger partial charge in [0.2, 0.25) is 0 Å². The van der Waals surface area contributed by atoms with Crippen LogP contribution < -0.4 is 4.90 Å². The zero-order chi connectivity index (χ0) is 11.7. The number of hydrogen-bond donors (Lipinski definition) is 0. The SMILES string of the molecule is Cc1cc(N2CCC(C)C(Br)C2)nc(C)n1. The summed E-state index contributed by atoms with van der Waals surface area (Å²) in [5.74, 6) is 2.68. The van der Waals surface area contributed by atoms with E-state index < -0.39 is 0 Å². The zero-order valence-corrected chi connectivity index (χ0v) is 11.7. The van der Waals surface area contributed by atoms with Gasteiger partial charge in [-0.3, -0.25) is 0 Å². The Labute approximate surface area is 105 Å². The van der Waals surface area contributed by atoms with Gasteiger partial charge in [-0.05, 0) is 26.2 Å². The average molecular weight is 284 g/mol. The van der Waals surface area contributed by atoms with Crippen molar-refractivity contribution in [3.63, 3.8) is 0 Å². The van der Waals surface area contributed by atoms with Gasteiger partial charge in [-0.2, -0.15) is 0 Å². The molecule has 2 atom stereocenters. The molecule has 0 saturated carbocycles. The van der Waals surface area contributed by atoms with Crippen LogP contribution in [0.25, 0.3) is 0 Å². The summed E-state index contributed by atoms with van der Waals surface area (Å²) in [6, 6.07) is 2.07. The molecule has 1 aromatic heterocycles. The molecule has 3 nitrogen and oxygen atoms in total. The first-order chi connectivity index (χ1) is 7.56. The fraction of sp³-hybridized carbons (Fsp3) is 0.667. The normalized spacial score (nSPS) is 25.9. The maximum absolute atomic E-state index is 4.51. The number of nitrogens with zero attached hydrogens (tertiary/aromatic N) is 3. The molecule has 0 aliphatic carbocycles. The van der Waals surface area contributed by atoms with Crippen LogP contribution in [-0.2, 0) is 0 Å². The van der Waals surface area contributed by atoms with E-state index in [9.17, 15) is 0 Å². The maximum atomic E-state index is 4.51. The third-order valence-corrected chi connectivity index (χ3v) is 4.34. The van der Waals surface area contributed by atoms with Crippen LogP contribution in [0, 0.1) is 19.8 Å². The summed E-state index contributed by atoms with van der Waals surface area (Å²) in [5, 5.41) is 0. The molecule has 0 N–H and O–H groups in total. The van der Waals surface area contributed by atoms with Crippen molar-refractivity contribution in [3.05, 3.63) is 17.6 Å². The lowest BCUT2D eigenvalue weighted by Crippen LogP contribution is -2.40. The Morgan fingerprint density at radius 2 is 2.12 bits per heavy atom. The minimum Gasteiger partial charge on any atom is -0.355 e. The van der Waals surface area contributed by atoms with Crippen molar-refractivity contribution in [3.8, 4) is 0 Å². The third kappa shape index (κ3) is 2.54. The van der Waals surface area contributed by atoms with E-state index in [0.717, 1.165) is 36.3 Å². The summed E-state index contributed by atoms with van der Waals surface area (Å²) in [6.45, 7) is 8.41. The number of aromatic nitrogens is 2. The van der Waals surface area contributed by atoms with E-state index >= 15 is 0 Å². The van der Waals surface area contributed by atoms with Gasteiger partial charge in [0.1, 0.15) is 11.6 Å². The standard InChI is InChI=1S/C12H18BrN3/c1-8-4-5-16(7-11(8)13)12-6-9(2)14-10(3)15-12/h6,8,11H,4-5,7H2,1-3H3. The Bertz CT molecular complexity index is 360. The molecule has 2 unspecified atom stereocenters. The monoisotopic (exact) mass is 283 g/mol.